The van der Waals surface area contributed by atoms with Crippen LogP contribution in [0.1, 0.15) is 29.8 Å². The lowest BCUT2D eigenvalue weighted by Crippen LogP contribution is -2.45. The van der Waals surface area contributed by atoms with Gasteiger partial charge in [-0.2, -0.15) is 0 Å². The van der Waals surface area contributed by atoms with E-state index in [9.17, 15) is 9.59 Å². The van der Waals surface area contributed by atoms with Gasteiger partial charge in [-0.05, 0) is 31.5 Å². The third-order valence-corrected chi connectivity index (χ3v) is 4.98. The second-order valence-electron chi connectivity index (χ2n) is 7.52. The van der Waals surface area contributed by atoms with Gasteiger partial charge >= 0.3 is 0 Å². The summed E-state index contributed by atoms with van der Waals surface area (Å²) in [6.07, 6.45) is 4.06. The van der Waals surface area contributed by atoms with Crippen molar-refractivity contribution in [2.45, 2.75) is 19.9 Å². The fourth-order valence-corrected chi connectivity index (χ4v) is 3.39. The summed E-state index contributed by atoms with van der Waals surface area (Å²) in [6, 6.07) is 5.57. The van der Waals surface area contributed by atoms with Gasteiger partial charge in [0.1, 0.15) is 0 Å². The Morgan fingerprint density at radius 2 is 2.06 bits per heavy atom. The molecule has 3 rings (SSSR count). The highest BCUT2D eigenvalue weighted by Gasteiger charge is 2.20. The standard InChI is InChI=1S/C22H28N6O3/c1-14(2)27-21-17-9-15(16(10-23)11-24)3-4-19(17)25-12-18(21)22(30)26-13-20(29)28-5-7-31-8-6-28/h3-4,9-12,14,23H,5-8,13,24H2,1-2H3,(H,25,27)(H,26,30)/b16-11+,23-10?. The van der Waals surface area contributed by atoms with Crippen LogP contribution in [0.15, 0.2) is 30.6 Å². The zero-order valence-corrected chi connectivity index (χ0v) is 17.8. The molecule has 1 aromatic carbocycles. The Labute approximate surface area is 181 Å². The number of carbonyl (C=O) groups is 2. The monoisotopic (exact) mass is 424 g/mol. The first-order valence-electron chi connectivity index (χ1n) is 10.2. The number of hydrogen-bond donors (Lipinski definition) is 4. The summed E-state index contributed by atoms with van der Waals surface area (Å²) >= 11 is 0. The molecule has 9 heteroatoms. The molecule has 164 valence electrons. The van der Waals surface area contributed by atoms with Crippen LogP contribution in [0.25, 0.3) is 16.5 Å². The lowest BCUT2D eigenvalue weighted by atomic mass is 10.0. The van der Waals surface area contributed by atoms with E-state index in [0.717, 1.165) is 10.9 Å². The number of benzene rings is 1. The minimum atomic E-state index is -0.383. The average molecular weight is 425 g/mol. The number of fused-ring (bicyclic) bond motifs is 1. The van der Waals surface area contributed by atoms with Crippen molar-refractivity contribution in [2.24, 2.45) is 5.73 Å². The van der Waals surface area contributed by atoms with Crippen LogP contribution >= 0.6 is 0 Å². The molecule has 0 atom stereocenters. The van der Waals surface area contributed by atoms with E-state index in [1.807, 2.05) is 32.0 Å². The lowest BCUT2D eigenvalue weighted by Gasteiger charge is -2.27. The number of nitrogens with one attached hydrogen (secondary N) is 3. The Morgan fingerprint density at radius 3 is 2.71 bits per heavy atom. The fourth-order valence-electron chi connectivity index (χ4n) is 3.39. The van der Waals surface area contributed by atoms with Crippen LogP contribution in [0.5, 0.6) is 0 Å². The molecule has 1 aromatic heterocycles. The summed E-state index contributed by atoms with van der Waals surface area (Å²) in [5.74, 6) is -0.527. The molecule has 0 radical (unpaired) electrons. The van der Waals surface area contributed by atoms with Crippen LogP contribution in [0, 0.1) is 5.41 Å². The minimum absolute atomic E-state index is 0.0584. The maximum absolute atomic E-state index is 13.0. The number of nitrogens with two attached hydrogens (primary N) is 1. The topological polar surface area (TPSA) is 133 Å². The van der Waals surface area contributed by atoms with E-state index in [0.29, 0.717) is 48.6 Å². The predicted octanol–water partition coefficient (Wildman–Crippen LogP) is 1.59. The van der Waals surface area contributed by atoms with Crippen molar-refractivity contribution < 1.29 is 14.3 Å². The van der Waals surface area contributed by atoms with Gasteiger partial charge in [-0.3, -0.25) is 14.6 Å². The molecule has 9 nitrogen and oxygen atoms in total. The number of ether oxygens (including phenoxy) is 1. The summed E-state index contributed by atoms with van der Waals surface area (Å²) in [5, 5.41) is 14.3. The van der Waals surface area contributed by atoms with E-state index in [-0.39, 0.29) is 24.4 Å². The molecule has 2 heterocycles. The van der Waals surface area contributed by atoms with Crippen molar-refractivity contribution in [1.82, 2.24) is 15.2 Å². The van der Waals surface area contributed by atoms with Gasteiger partial charge in [-0.25, -0.2) is 0 Å². The fraction of sp³-hybridized carbons (Fsp3) is 0.364. The maximum atomic E-state index is 13.0. The largest absolute Gasteiger partial charge is 0.404 e. The lowest BCUT2D eigenvalue weighted by molar-refractivity contribution is -0.134. The number of rotatable bonds is 7. The van der Waals surface area contributed by atoms with Gasteiger partial charge in [0.15, 0.2) is 0 Å². The molecule has 1 aliphatic heterocycles. The quantitative estimate of drug-likeness (QED) is 0.499. The summed E-state index contributed by atoms with van der Waals surface area (Å²) < 4.78 is 5.26. The maximum Gasteiger partial charge on any atom is 0.255 e. The number of anilines is 1. The summed E-state index contributed by atoms with van der Waals surface area (Å²) in [4.78, 5) is 31.4. The van der Waals surface area contributed by atoms with Crippen LogP contribution in [0.4, 0.5) is 5.69 Å². The molecule has 0 spiro atoms. The van der Waals surface area contributed by atoms with Gasteiger partial charge in [-0.1, -0.05) is 6.07 Å². The van der Waals surface area contributed by atoms with Crippen molar-refractivity contribution in [3.8, 4) is 0 Å². The third-order valence-electron chi connectivity index (χ3n) is 4.98. The molecule has 1 fully saturated rings. The molecule has 0 saturated carbocycles. The normalized spacial score (nSPS) is 14.5. The highest BCUT2D eigenvalue weighted by Crippen LogP contribution is 2.29. The van der Waals surface area contributed by atoms with Crippen LogP contribution in [0.3, 0.4) is 0 Å². The van der Waals surface area contributed by atoms with Gasteiger partial charge in [0.05, 0.1) is 36.5 Å². The summed E-state index contributed by atoms with van der Waals surface area (Å²) in [6.45, 7) is 5.93. The van der Waals surface area contributed by atoms with Crippen LogP contribution in [-0.2, 0) is 9.53 Å². The molecule has 2 aromatic rings. The van der Waals surface area contributed by atoms with Crippen molar-refractivity contribution >= 4 is 40.2 Å². The molecular formula is C22H28N6O3. The van der Waals surface area contributed by atoms with Crippen LogP contribution < -0.4 is 16.4 Å². The Bertz CT molecular complexity index is 1010. The number of amides is 2. The molecule has 0 unspecified atom stereocenters. The first-order valence-corrected chi connectivity index (χ1v) is 10.2. The minimum Gasteiger partial charge on any atom is -0.404 e. The number of pyridine rings is 1. The first kappa shape index (κ1) is 22.2. The van der Waals surface area contributed by atoms with Crippen LogP contribution in [0.2, 0.25) is 0 Å². The van der Waals surface area contributed by atoms with E-state index in [4.69, 9.17) is 15.9 Å². The smallest absolute Gasteiger partial charge is 0.255 e. The van der Waals surface area contributed by atoms with Gasteiger partial charge in [-0.15, -0.1) is 0 Å². The average Bonchev–Trinajstić information content (AvgIpc) is 2.78. The highest BCUT2D eigenvalue weighted by atomic mass is 16.5. The van der Waals surface area contributed by atoms with E-state index >= 15 is 0 Å². The third kappa shape index (κ3) is 5.18. The van der Waals surface area contributed by atoms with E-state index < -0.39 is 0 Å². The Balaban J connectivity index is 1.91. The summed E-state index contributed by atoms with van der Waals surface area (Å²) in [7, 11) is 0. The van der Waals surface area contributed by atoms with Crippen molar-refractivity contribution in [2.75, 3.05) is 38.2 Å². The Morgan fingerprint density at radius 1 is 1.32 bits per heavy atom. The van der Waals surface area contributed by atoms with E-state index in [2.05, 4.69) is 15.6 Å². The number of nitrogens with zero attached hydrogens (tertiary/aromatic N) is 2. The highest BCUT2D eigenvalue weighted by molar-refractivity contribution is 6.12. The second kappa shape index (κ2) is 10.0. The second-order valence-corrected chi connectivity index (χ2v) is 7.52. The molecule has 5 N–H and O–H groups in total. The number of allylic oxidation sites excluding steroid dienone is 1. The van der Waals surface area contributed by atoms with Gasteiger partial charge in [0, 0.05) is 48.7 Å². The Hall–Kier alpha value is -3.46. The van der Waals surface area contributed by atoms with Gasteiger partial charge in [0.2, 0.25) is 5.91 Å². The molecule has 2 amide bonds. The SMILES string of the molecule is CC(C)Nc1c(C(=O)NCC(=O)N2CCOCC2)cnc2ccc(/C(C=N)=C/N)cc12. The predicted molar refractivity (Wildman–Crippen MR) is 121 cm³/mol. The van der Waals surface area contributed by atoms with E-state index in [1.165, 1.54) is 18.6 Å². The first-order chi connectivity index (χ1) is 14.9. The Kier molecular flexibility index (Phi) is 7.19. The molecule has 1 saturated heterocycles. The molecular weight excluding hydrogens is 396 g/mol. The molecule has 0 bridgehead atoms. The summed E-state index contributed by atoms with van der Waals surface area (Å²) in [5.41, 5.74) is 8.62. The molecule has 31 heavy (non-hydrogen) atoms. The van der Waals surface area contributed by atoms with Gasteiger partial charge in [0.25, 0.3) is 5.91 Å². The number of aromatic nitrogens is 1. The zero-order valence-electron chi connectivity index (χ0n) is 17.8. The molecule has 1 aliphatic rings. The number of carbonyl (C=O) groups excluding carboxylic acids is 2. The van der Waals surface area contributed by atoms with E-state index in [1.54, 1.807) is 4.90 Å². The van der Waals surface area contributed by atoms with Crippen molar-refractivity contribution in [3.05, 3.63) is 41.7 Å². The number of morpholine rings is 1. The van der Waals surface area contributed by atoms with Crippen molar-refractivity contribution in [1.29, 1.82) is 5.41 Å². The van der Waals surface area contributed by atoms with Crippen molar-refractivity contribution in [3.63, 3.8) is 0 Å². The molecule has 0 aliphatic carbocycles. The zero-order chi connectivity index (χ0) is 22.4. The van der Waals surface area contributed by atoms with Crippen LogP contribution in [-0.4, -0.2) is 66.8 Å². The number of hydrogen-bond acceptors (Lipinski definition) is 7. The van der Waals surface area contributed by atoms with Gasteiger partial charge < -0.3 is 31.4 Å².